The van der Waals surface area contributed by atoms with E-state index in [2.05, 4.69) is 31.9 Å². The molecule has 21 heavy (non-hydrogen) atoms. The van der Waals surface area contributed by atoms with Gasteiger partial charge in [-0.3, -0.25) is 9.59 Å². The summed E-state index contributed by atoms with van der Waals surface area (Å²) in [6.45, 7) is 2.24. The quantitative estimate of drug-likeness (QED) is 0.634. The maximum Gasteiger partial charge on any atom is 0.243 e. The first-order valence-corrected chi connectivity index (χ1v) is 7.50. The second-order valence-corrected chi connectivity index (χ2v) is 5.93. The molecular formula is C14H18BrN3O3. The fourth-order valence-electron chi connectivity index (χ4n) is 2.14. The van der Waals surface area contributed by atoms with Crippen LogP contribution in [-0.4, -0.2) is 42.2 Å². The molecule has 0 bridgehead atoms. The van der Waals surface area contributed by atoms with Crippen molar-refractivity contribution in [2.75, 3.05) is 18.4 Å². The van der Waals surface area contributed by atoms with Gasteiger partial charge in [0.2, 0.25) is 11.8 Å². The number of anilines is 1. The van der Waals surface area contributed by atoms with Crippen molar-refractivity contribution in [2.24, 2.45) is 0 Å². The standard InChI is InChI=1S/C14H18BrN3O3/c1-8-4-9(2-3-11(8)15)18-13(20)7-17-14(21)12-5-10(19)6-16-12/h2-4,10,12,16,19H,5-7H2,1H3,(H,17,21)(H,18,20). The number of hydrogen-bond acceptors (Lipinski definition) is 4. The molecule has 1 aromatic rings. The average molecular weight is 356 g/mol. The molecule has 0 radical (unpaired) electrons. The monoisotopic (exact) mass is 355 g/mol. The smallest absolute Gasteiger partial charge is 0.243 e. The highest BCUT2D eigenvalue weighted by atomic mass is 79.9. The highest BCUT2D eigenvalue weighted by Gasteiger charge is 2.27. The Bertz CT molecular complexity index is 550. The molecule has 1 fully saturated rings. The Morgan fingerprint density at radius 2 is 2.24 bits per heavy atom. The van der Waals surface area contributed by atoms with Gasteiger partial charge in [-0.2, -0.15) is 0 Å². The molecule has 0 saturated carbocycles. The third-order valence-electron chi connectivity index (χ3n) is 3.29. The molecule has 2 atom stereocenters. The number of amides is 2. The molecule has 1 saturated heterocycles. The lowest BCUT2D eigenvalue weighted by Crippen LogP contribution is -2.43. The van der Waals surface area contributed by atoms with Crippen molar-refractivity contribution in [1.82, 2.24) is 10.6 Å². The zero-order valence-corrected chi connectivity index (χ0v) is 13.2. The van der Waals surface area contributed by atoms with Crippen molar-refractivity contribution < 1.29 is 14.7 Å². The summed E-state index contributed by atoms with van der Waals surface area (Å²) in [5, 5.41) is 17.5. The summed E-state index contributed by atoms with van der Waals surface area (Å²) in [6, 6.07) is 5.06. The minimum atomic E-state index is -0.500. The van der Waals surface area contributed by atoms with E-state index in [1.807, 2.05) is 19.1 Å². The van der Waals surface area contributed by atoms with Crippen LogP contribution >= 0.6 is 15.9 Å². The van der Waals surface area contributed by atoms with E-state index in [1.165, 1.54) is 0 Å². The van der Waals surface area contributed by atoms with Crippen LogP contribution in [0.15, 0.2) is 22.7 Å². The average Bonchev–Trinajstić information content (AvgIpc) is 2.87. The Balaban J connectivity index is 1.79. The van der Waals surface area contributed by atoms with Crippen LogP contribution in [0.25, 0.3) is 0 Å². The van der Waals surface area contributed by atoms with Gasteiger partial charge in [0.05, 0.1) is 18.7 Å². The Morgan fingerprint density at radius 1 is 1.48 bits per heavy atom. The van der Waals surface area contributed by atoms with Crippen molar-refractivity contribution in [3.63, 3.8) is 0 Å². The molecule has 114 valence electrons. The molecule has 2 unspecified atom stereocenters. The van der Waals surface area contributed by atoms with Crippen LogP contribution < -0.4 is 16.0 Å². The van der Waals surface area contributed by atoms with Gasteiger partial charge in [-0.05, 0) is 37.1 Å². The van der Waals surface area contributed by atoms with E-state index in [9.17, 15) is 14.7 Å². The summed E-state index contributed by atoms with van der Waals surface area (Å²) in [7, 11) is 0. The first kappa shape index (κ1) is 15.9. The number of carbonyl (C=O) groups is 2. The van der Waals surface area contributed by atoms with Gasteiger partial charge < -0.3 is 21.1 Å². The van der Waals surface area contributed by atoms with Gasteiger partial charge in [-0.1, -0.05) is 15.9 Å². The van der Waals surface area contributed by atoms with Crippen molar-refractivity contribution in [3.8, 4) is 0 Å². The number of hydrogen-bond donors (Lipinski definition) is 4. The molecule has 6 nitrogen and oxygen atoms in total. The molecule has 4 N–H and O–H groups in total. The first-order chi connectivity index (χ1) is 9.95. The number of β-amino-alcohol motifs (C(OH)–C–C–N with tert-alkyl or cyclic N) is 1. The lowest BCUT2D eigenvalue weighted by Gasteiger charge is -2.11. The number of benzene rings is 1. The zero-order valence-electron chi connectivity index (χ0n) is 11.6. The van der Waals surface area contributed by atoms with E-state index in [-0.39, 0.29) is 18.4 Å². The van der Waals surface area contributed by atoms with Crippen molar-refractivity contribution in [2.45, 2.75) is 25.5 Å². The van der Waals surface area contributed by atoms with Gasteiger partial charge in [-0.25, -0.2) is 0 Å². The van der Waals surface area contributed by atoms with E-state index in [0.717, 1.165) is 10.0 Å². The molecule has 7 heteroatoms. The highest BCUT2D eigenvalue weighted by molar-refractivity contribution is 9.10. The second kappa shape index (κ2) is 7.02. The topological polar surface area (TPSA) is 90.5 Å². The van der Waals surface area contributed by atoms with Gasteiger partial charge in [0, 0.05) is 16.7 Å². The van der Waals surface area contributed by atoms with Crippen LogP contribution in [0.4, 0.5) is 5.69 Å². The molecule has 0 aliphatic carbocycles. The lowest BCUT2D eigenvalue weighted by atomic mass is 10.2. The van der Waals surface area contributed by atoms with Crippen LogP contribution in [0.1, 0.15) is 12.0 Å². The van der Waals surface area contributed by atoms with Gasteiger partial charge in [0.25, 0.3) is 0 Å². The molecular weight excluding hydrogens is 338 g/mol. The third kappa shape index (κ3) is 4.52. The molecule has 1 aliphatic rings. The third-order valence-corrected chi connectivity index (χ3v) is 4.18. The van der Waals surface area contributed by atoms with Gasteiger partial charge in [0.1, 0.15) is 0 Å². The van der Waals surface area contributed by atoms with Crippen LogP contribution in [0.2, 0.25) is 0 Å². The first-order valence-electron chi connectivity index (χ1n) is 6.71. The molecule has 1 aliphatic heterocycles. The Labute approximate surface area is 131 Å². The highest BCUT2D eigenvalue weighted by Crippen LogP contribution is 2.19. The predicted molar refractivity (Wildman–Crippen MR) is 82.9 cm³/mol. The van der Waals surface area contributed by atoms with Crippen LogP contribution in [0.3, 0.4) is 0 Å². The fourth-order valence-corrected chi connectivity index (χ4v) is 2.38. The number of aliphatic hydroxyl groups excluding tert-OH is 1. The van der Waals surface area contributed by atoms with Crippen molar-refractivity contribution in [3.05, 3.63) is 28.2 Å². The van der Waals surface area contributed by atoms with Crippen molar-refractivity contribution in [1.29, 1.82) is 0 Å². The minimum Gasteiger partial charge on any atom is -0.392 e. The summed E-state index contributed by atoms with van der Waals surface area (Å²) in [6.07, 6.45) is -0.125. The summed E-state index contributed by atoms with van der Waals surface area (Å²) >= 11 is 3.39. The maximum absolute atomic E-state index is 11.8. The number of rotatable bonds is 4. The van der Waals surface area contributed by atoms with Crippen molar-refractivity contribution >= 4 is 33.4 Å². The van der Waals surface area contributed by atoms with Gasteiger partial charge >= 0.3 is 0 Å². The Morgan fingerprint density at radius 3 is 2.86 bits per heavy atom. The molecule has 2 amide bonds. The normalized spacial score (nSPS) is 21.1. The summed E-state index contributed by atoms with van der Waals surface area (Å²) in [5.74, 6) is -0.558. The van der Waals surface area contributed by atoms with Crippen LogP contribution in [0.5, 0.6) is 0 Å². The summed E-state index contributed by atoms with van der Waals surface area (Å²) < 4.78 is 0.972. The molecule has 0 aromatic heterocycles. The fraction of sp³-hybridized carbons (Fsp3) is 0.429. The minimum absolute atomic E-state index is 0.0950. The van der Waals surface area contributed by atoms with E-state index in [0.29, 0.717) is 18.7 Å². The Kier molecular flexibility index (Phi) is 5.33. The van der Waals surface area contributed by atoms with E-state index in [4.69, 9.17) is 0 Å². The van der Waals surface area contributed by atoms with Crippen LogP contribution in [-0.2, 0) is 9.59 Å². The molecule has 0 spiro atoms. The number of nitrogens with one attached hydrogen (secondary N) is 3. The predicted octanol–water partition coefficient (Wildman–Crippen LogP) is 0.535. The number of halogens is 1. The zero-order chi connectivity index (χ0) is 15.4. The number of carbonyl (C=O) groups excluding carboxylic acids is 2. The molecule has 2 rings (SSSR count). The SMILES string of the molecule is Cc1cc(NC(=O)CNC(=O)C2CC(O)CN2)ccc1Br. The van der Waals surface area contributed by atoms with E-state index < -0.39 is 12.1 Å². The van der Waals surface area contributed by atoms with Gasteiger partial charge in [-0.15, -0.1) is 0 Å². The number of aryl methyl sites for hydroxylation is 1. The largest absolute Gasteiger partial charge is 0.392 e. The van der Waals surface area contributed by atoms with E-state index >= 15 is 0 Å². The maximum atomic E-state index is 11.8. The second-order valence-electron chi connectivity index (χ2n) is 5.08. The summed E-state index contributed by atoms with van der Waals surface area (Å²) in [4.78, 5) is 23.6. The molecule has 1 aromatic carbocycles. The van der Waals surface area contributed by atoms with E-state index in [1.54, 1.807) is 6.07 Å². The number of aliphatic hydroxyl groups is 1. The lowest BCUT2D eigenvalue weighted by molar-refractivity contribution is -0.125. The van der Waals surface area contributed by atoms with Gasteiger partial charge in [0.15, 0.2) is 0 Å². The Hall–Kier alpha value is -1.44. The summed E-state index contributed by atoms with van der Waals surface area (Å²) in [5.41, 5.74) is 1.70. The molecule has 1 heterocycles. The van der Waals surface area contributed by atoms with Crippen LogP contribution in [0, 0.1) is 6.92 Å².